The minimum atomic E-state index is -5.17. The molecule has 0 atom stereocenters. The molecule has 0 heterocycles. The van der Waals surface area contributed by atoms with E-state index in [0.29, 0.717) is 0 Å². The van der Waals surface area contributed by atoms with E-state index in [0.717, 1.165) is 13.2 Å². The highest BCUT2D eigenvalue weighted by atomic mass is 79.9. The molecule has 0 saturated heterocycles. The maximum Gasteiger partial charge on any atom is 0.448 e. The van der Waals surface area contributed by atoms with Crippen molar-refractivity contribution in [3.05, 3.63) is 16.1 Å². The molecular formula is C7H6BrClN2O7S2. The molecule has 13 heteroatoms. The number of halogens is 2. The number of diazo groups is 1. The maximum absolute atomic E-state index is 11.2. The number of nitrogens with zero attached hydrogens (tertiary/aromatic N) is 2. The van der Waals surface area contributed by atoms with Gasteiger partial charge < -0.3 is 21.7 Å². The maximum atomic E-state index is 11.2. The van der Waals surface area contributed by atoms with Gasteiger partial charge in [-0.3, -0.25) is 9.11 Å². The first-order valence-corrected chi connectivity index (χ1v) is 7.50. The van der Waals surface area contributed by atoms with Crippen LogP contribution in [0.2, 0.25) is 5.02 Å². The summed E-state index contributed by atoms with van der Waals surface area (Å²) in [5, 5.41) is 7.99. The van der Waals surface area contributed by atoms with E-state index >= 15 is 0 Å². The molecule has 1 aromatic carbocycles. The average Bonchev–Trinajstić information content (AvgIpc) is 2.24. The van der Waals surface area contributed by atoms with Crippen LogP contribution in [0.1, 0.15) is 0 Å². The normalized spacial score (nSPS) is 11.3. The number of rotatable bonds is 3. The second-order valence-corrected chi connectivity index (χ2v) is 6.24. The molecule has 0 aliphatic heterocycles. The zero-order chi connectivity index (χ0) is 15.0. The molecule has 0 radical (unpaired) electrons. The largest absolute Gasteiger partial charge is 1.00 e. The minimum Gasteiger partial charge on any atom is -1.00 e. The molecule has 0 aromatic heterocycles. The lowest BCUT2D eigenvalue weighted by atomic mass is 10.3. The zero-order valence-electron chi connectivity index (χ0n) is 9.48. The Balaban J connectivity index is 0.00000361. The summed E-state index contributed by atoms with van der Waals surface area (Å²) >= 11 is 5.51. The highest BCUT2D eigenvalue weighted by Crippen LogP contribution is 2.43. The van der Waals surface area contributed by atoms with Gasteiger partial charge in [0, 0.05) is 6.07 Å². The van der Waals surface area contributed by atoms with Crippen LogP contribution in [0.4, 0.5) is 5.69 Å². The first kappa shape index (κ1) is 19.0. The molecule has 0 fully saturated rings. The lowest BCUT2D eigenvalue weighted by Gasteiger charge is -2.06. The van der Waals surface area contributed by atoms with E-state index in [9.17, 15) is 16.8 Å². The van der Waals surface area contributed by atoms with Gasteiger partial charge in [-0.25, -0.2) is 0 Å². The van der Waals surface area contributed by atoms with E-state index in [1.165, 1.54) is 0 Å². The fraction of sp³-hybridized carbons (Fsp3) is 0.143. The third kappa shape index (κ3) is 3.57. The monoisotopic (exact) mass is 408 g/mol. The molecule has 0 aliphatic rings. The van der Waals surface area contributed by atoms with Crippen LogP contribution < -0.4 is 21.7 Å². The lowest BCUT2D eigenvalue weighted by molar-refractivity contribution is -0.0000125. The van der Waals surface area contributed by atoms with Gasteiger partial charge in [0.15, 0.2) is 4.98 Å². The van der Waals surface area contributed by atoms with Crippen molar-refractivity contribution in [1.82, 2.24) is 0 Å². The summed E-state index contributed by atoms with van der Waals surface area (Å²) in [4.78, 5) is -0.177. The summed E-state index contributed by atoms with van der Waals surface area (Å²) in [7, 11) is -9.22. The van der Waals surface area contributed by atoms with Gasteiger partial charge in [0.25, 0.3) is 10.1 Å². The van der Waals surface area contributed by atoms with Gasteiger partial charge in [-0.05, 0) is 0 Å². The van der Waals surface area contributed by atoms with Crippen molar-refractivity contribution in [2.45, 2.75) is 9.79 Å². The van der Waals surface area contributed by atoms with E-state index in [-0.39, 0.29) is 17.0 Å². The van der Waals surface area contributed by atoms with Crippen LogP contribution in [0.3, 0.4) is 0 Å². The van der Waals surface area contributed by atoms with Crippen LogP contribution in [-0.4, -0.2) is 33.1 Å². The number of benzene rings is 1. The molecule has 0 saturated carbocycles. The van der Waals surface area contributed by atoms with Crippen molar-refractivity contribution in [3.63, 3.8) is 0 Å². The van der Waals surface area contributed by atoms with Crippen molar-refractivity contribution in [3.8, 4) is 5.75 Å². The topological polar surface area (TPSA) is 146 Å². The standard InChI is InChI=1S/C7H5ClN2O7S2.BrH/c1-17-4-2-3(8)6(18(11,12)13)7(5(4)10-9)19(14,15)16;/h2H,1H3,(H-,11,12,13,14,15,16);1H. The van der Waals surface area contributed by atoms with Crippen molar-refractivity contribution >= 4 is 37.5 Å². The summed E-state index contributed by atoms with van der Waals surface area (Å²) in [6.45, 7) is 0. The van der Waals surface area contributed by atoms with Crippen LogP contribution >= 0.6 is 11.6 Å². The second kappa shape index (κ2) is 6.20. The Morgan fingerprint density at radius 2 is 1.65 bits per heavy atom. The zero-order valence-corrected chi connectivity index (χ0v) is 13.5. The molecule has 0 aliphatic carbocycles. The first-order valence-electron chi connectivity index (χ1n) is 4.24. The molecule has 0 bridgehead atoms. The molecule has 1 rings (SSSR count). The summed E-state index contributed by atoms with van der Waals surface area (Å²) in [5.74, 6) is -0.424. The van der Waals surface area contributed by atoms with Crippen molar-refractivity contribution in [2.75, 3.05) is 7.11 Å². The van der Waals surface area contributed by atoms with E-state index in [1.807, 2.05) is 0 Å². The fourth-order valence-electron chi connectivity index (χ4n) is 1.31. The smallest absolute Gasteiger partial charge is 0.448 e. The lowest BCUT2D eigenvalue weighted by Crippen LogP contribution is -3.00. The SMILES string of the molecule is COc1cc(Cl)c(S(=O)(=O)O)c(S(=O)(=O)O)c1[N+]#N.[Br-]. The van der Waals surface area contributed by atoms with Gasteiger partial charge in [0.1, 0.15) is 4.90 Å². The Labute approximate surface area is 129 Å². The molecule has 0 unspecified atom stereocenters. The van der Waals surface area contributed by atoms with Crippen LogP contribution in [-0.2, 0) is 20.2 Å². The van der Waals surface area contributed by atoms with Gasteiger partial charge in [0.05, 0.1) is 12.1 Å². The molecule has 2 N–H and O–H groups in total. The third-order valence-electron chi connectivity index (χ3n) is 1.97. The van der Waals surface area contributed by atoms with E-state index in [4.69, 9.17) is 26.1 Å². The van der Waals surface area contributed by atoms with E-state index < -0.39 is 46.5 Å². The predicted octanol–water partition coefficient (Wildman–Crippen LogP) is -1.67. The van der Waals surface area contributed by atoms with Gasteiger partial charge in [-0.15, -0.1) is 0 Å². The van der Waals surface area contributed by atoms with Crippen molar-refractivity contribution in [2.24, 2.45) is 0 Å². The number of hydrogen-bond donors (Lipinski definition) is 2. The van der Waals surface area contributed by atoms with E-state index in [1.54, 1.807) is 0 Å². The predicted molar refractivity (Wildman–Crippen MR) is 62.4 cm³/mol. The Kier molecular flexibility index (Phi) is 5.90. The molecule has 112 valence electrons. The second-order valence-electron chi connectivity index (χ2n) is 3.12. The average molecular weight is 410 g/mol. The molecule has 1 aromatic rings. The van der Waals surface area contributed by atoms with E-state index in [2.05, 4.69) is 9.71 Å². The van der Waals surface area contributed by atoms with Gasteiger partial charge >= 0.3 is 15.8 Å². The molecule has 0 spiro atoms. The summed E-state index contributed by atoms with van der Waals surface area (Å²) in [6.07, 6.45) is 0. The quantitative estimate of drug-likeness (QED) is 0.445. The molecular weight excluding hydrogens is 404 g/mol. The van der Waals surface area contributed by atoms with Crippen molar-refractivity contribution in [1.29, 1.82) is 5.39 Å². The Bertz CT molecular complexity index is 784. The highest BCUT2D eigenvalue weighted by Gasteiger charge is 2.40. The minimum absolute atomic E-state index is 0. The number of hydrogen-bond acceptors (Lipinski definition) is 6. The fourth-order valence-corrected chi connectivity index (χ4v) is 3.85. The summed E-state index contributed by atoms with van der Waals surface area (Å²) < 4.78 is 67.2. The first-order chi connectivity index (χ1) is 8.54. The van der Waals surface area contributed by atoms with Crippen LogP contribution in [0, 0.1) is 5.39 Å². The number of methoxy groups -OCH3 is 1. The highest BCUT2D eigenvalue weighted by molar-refractivity contribution is 7.89. The van der Waals surface area contributed by atoms with Crippen LogP contribution in [0.15, 0.2) is 15.9 Å². The van der Waals surface area contributed by atoms with Crippen molar-refractivity contribution < 1.29 is 47.7 Å². The Morgan fingerprint density at radius 1 is 1.20 bits per heavy atom. The third-order valence-corrected chi connectivity index (χ3v) is 4.36. The van der Waals surface area contributed by atoms with Gasteiger partial charge in [-0.2, -0.15) is 16.8 Å². The van der Waals surface area contributed by atoms with Gasteiger partial charge in [0.2, 0.25) is 16.0 Å². The van der Waals surface area contributed by atoms with Crippen LogP contribution in [0.25, 0.3) is 4.98 Å². The van der Waals surface area contributed by atoms with Gasteiger partial charge in [-0.1, -0.05) is 11.6 Å². The Hall–Kier alpha value is -0.970. The molecule has 0 amide bonds. The Morgan fingerprint density at radius 3 is 1.95 bits per heavy atom. The molecule has 20 heavy (non-hydrogen) atoms. The summed E-state index contributed by atoms with van der Waals surface area (Å²) in [5.41, 5.74) is -0.915. The number of ether oxygens (including phenoxy) is 1. The van der Waals surface area contributed by atoms with Crippen LogP contribution in [0.5, 0.6) is 5.75 Å². The summed E-state index contributed by atoms with van der Waals surface area (Å²) in [6, 6.07) is 0.800. The molecule has 9 nitrogen and oxygen atoms in total.